The van der Waals surface area contributed by atoms with Crippen molar-refractivity contribution >= 4 is 44.3 Å². The standard InChI is InChI=1S/C20H21ClN4O2S2/c1-3-25(4-2)29(26,27)18-10-6-8-16(12-18)19-14-28-20(23-19)24-22-13-15-7-5-9-17(21)11-15/h5-14H,3-4H2,1-2H3,(H,23,24)/b22-13+. The Morgan fingerprint density at radius 3 is 2.66 bits per heavy atom. The fourth-order valence-electron chi connectivity index (χ4n) is 2.74. The van der Waals surface area contributed by atoms with Crippen LogP contribution in [0.1, 0.15) is 19.4 Å². The van der Waals surface area contributed by atoms with Gasteiger partial charge in [0.2, 0.25) is 15.2 Å². The number of hydrogen-bond donors (Lipinski definition) is 1. The van der Waals surface area contributed by atoms with Crippen molar-refractivity contribution in [3.8, 4) is 11.3 Å². The number of halogens is 1. The number of nitrogens with one attached hydrogen (secondary N) is 1. The second-order valence-electron chi connectivity index (χ2n) is 6.08. The molecule has 0 spiro atoms. The van der Waals surface area contributed by atoms with Crippen LogP contribution in [0.15, 0.2) is 63.9 Å². The van der Waals surface area contributed by atoms with Crippen LogP contribution >= 0.6 is 22.9 Å². The van der Waals surface area contributed by atoms with Crippen molar-refractivity contribution in [1.82, 2.24) is 9.29 Å². The molecule has 0 fully saturated rings. The van der Waals surface area contributed by atoms with E-state index in [-0.39, 0.29) is 4.90 Å². The molecule has 0 atom stereocenters. The van der Waals surface area contributed by atoms with E-state index in [0.717, 1.165) is 11.1 Å². The first-order valence-corrected chi connectivity index (χ1v) is 11.7. The van der Waals surface area contributed by atoms with Gasteiger partial charge in [0.15, 0.2) is 0 Å². The van der Waals surface area contributed by atoms with Crippen LogP contribution in [-0.2, 0) is 10.0 Å². The van der Waals surface area contributed by atoms with Crippen LogP contribution in [0.3, 0.4) is 0 Å². The van der Waals surface area contributed by atoms with Crippen molar-refractivity contribution < 1.29 is 8.42 Å². The lowest BCUT2D eigenvalue weighted by molar-refractivity contribution is 0.445. The molecule has 0 aliphatic rings. The zero-order valence-electron chi connectivity index (χ0n) is 16.0. The molecule has 1 aromatic heterocycles. The van der Waals surface area contributed by atoms with E-state index < -0.39 is 10.0 Å². The van der Waals surface area contributed by atoms with Gasteiger partial charge in [-0.2, -0.15) is 9.41 Å². The van der Waals surface area contributed by atoms with Gasteiger partial charge < -0.3 is 0 Å². The Morgan fingerprint density at radius 2 is 1.93 bits per heavy atom. The summed E-state index contributed by atoms with van der Waals surface area (Å²) in [5.41, 5.74) is 5.19. The Balaban J connectivity index is 1.77. The maximum Gasteiger partial charge on any atom is 0.243 e. The highest BCUT2D eigenvalue weighted by atomic mass is 35.5. The predicted octanol–water partition coefficient (Wildman–Crippen LogP) is 4.94. The molecule has 0 amide bonds. The topological polar surface area (TPSA) is 74.7 Å². The van der Waals surface area contributed by atoms with Gasteiger partial charge in [0.1, 0.15) is 0 Å². The molecular formula is C20H21ClN4O2S2. The molecule has 0 bridgehead atoms. The normalized spacial score (nSPS) is 12.0. The maximum absolute atomic E-state index is 12.8. The van der Waals surface area contributed by atoms with E-state index >= 15 is 0 Å². The van der Waals surface area contributed by atoms with Crippen molar-refractivity contribution in [3.63, 3.8) is 0 Å². The van der Waals surface area contributed by atoms with Crippen LogP contribution in [0.2, 0.25) is 5.02 Å². The van der Waals surface area contributed by atoms with E-state index in [0.29, 0.717) is 28.9 Å². The van der Waals surface area contributed by atoms with Gasteiger partial charge >= 0.3 is 0 Å². The van der Waals surface area contributed by atoms with Crippen molar-refractivity contribution in [2.75, 3.05) is 18.5 Å². The van der Waals surface area contributed by atoms with Crippen molar-refractivity contribution in [3.05, 3.63) is 64.5 Å². The van der Waals surface area contributed by atoms with Gasteiger partial charge in [0.25, 0.3) is 0 Å². The van der Waals surface area contributed by atoms with E-state index in [1.165, 1.54) is 15.6 Å². The second kappa shape index (κ2) is 9.49. The van der Waals surface area contributed by atoms with Crippen LogP contribution in [0.5, 0.6) is 0 Å². The second-order valence-corrected chi connectivity index (χ2v) is 9.31. The Kier molecular flexibility index (Phi) is 7.02. The van der Waals surface area contributed by atoms with Gasteiger partial charge in [-0.3, -0.25) is 5.43 Å². The molecule has 0 unspecified atom stereocenters. The van der Waals surface area contributed by atoms with Crippen LogP contribution < -0.4 is 5.43 Å². The minimum atomic E-state index is -3.51. The Labute approximate surface area is 179 Å². The summed E-state index contributed by atoms with van der Waals surface area (Å²) in [4.78, 5) is 4.76. The molecule has 0 saturated carbocycles. The molecule has 6 nitrogen and oxygen atoms in total. The van der Waals surface area contributed by atoms with Gasteiger partial charge in [-0.15, -0.1) is 11.3 Å². The van der Waals surface area contributed by atoms with Crippen LogP contribution in [0.4, 0.5) is 5.13 Å². The predicted molar refractivity (Wildman–Crippen MR) is 120 cm³/mol. The van der Waals surface area contributed by atoms with Gasteiger partial charge in [-0.05, 0) is 29.8 Å². The molecule has 29 heavy (non-hydrogen) atoms. The number of sulfonamides is 1. The summed E-state index contributed by atoms with van der Waals surface area (Å²) in [5, 5.41) is 7.29. The fraction of sp³-hybridized carbons (Fsp3) is 0.200. The molecule has 1 heterocycles. The van der Waals surface area contributed by atoms with Crippen LogP contribution in [0.25, 0.3) is 11.3 Å². The van der Waals surface area contributed by atoms with E-state index in [4.69, 9.17) is 11.6 Å². The summed E-state index contributed by atoms with van der Waals surface area (Å²) in [5.74, 6) is 0. The zero-order chi connectivity index (χ0) is 20.9. The van der Waals surface area contributed by atoms with E-state index in [1.54, 1.807) is 30.5 Å². The van der Waals surface area contributed by atoms with Gasteiger partial charge in [0, 0.05) is 29.1 Å². The molecule has 2 aromatic carbocycles. The number of hydrazone groups is 1. The van der Waals surface area contributed by atoms with Gasteiger partial charge in [-0.25, -0.2) is 13.4 Å². The fourth-order valence-corrected chi connectivity index (χ4v) is 5.11. The number of thiazole rings is 1. The molecule has 0 saturated heterocycles. The smallest absolute Gasteiger partial charge is 0.243 e. The van der Waals surface area contributed by atoms with Crippen LogP contribution in [0, 0.1) is 0 Å². The lowest BCUT2D eigenvalue weighted by Crippen LogP contribution is -2.30. The SMILES string of the molecule is CCN(CC)S(=O)(=O)c1cccc(-c2csc(N/N=C/c3cccc(Cl)c3)n2)c1. The minimum absolute atomic E-state index is 0.264. The summed E-state index contributed by atoms with van der Waals surface area (Å²) < 4.78 is 26.9. The maximum atomic E-state index is 12.8. The summed E-state index contributed by atoms with van der Waals surface area (Å²) in [6, 6.07) is 14.2. The highest BCUT2D eigenvalue weighted by molar-refractivity contribution is 7.89. The molecule has 9 heteroatoms. The first-order valence-electron chi connectivity index (χ1n) is 9.04. The largest absolute Gasteiger partial charge is 0.253 e. The summed E-state index contributed by atoms with van der Waals surface area (Å²) in [6.07, 6.45) is 1.66. The number of rotatable bonds is 8. The highest BCUT2D eigenvalue weighted by Crippen LogP contribution is 2.27. The van der Waals surface area contributed by atoms with Gasteiger partial charge in [-0.1, -0.05) is 49.7 Å². The summed E-state index contributed by atoms with van der Waals surface area (Å²) in [7, 11) is -3.51. The van der Waals surface area contributed by atoms with Crippen molar-refractivity contribution in [2.24, 2.45) is 5.10 Å². The van der Waals surface area contributed by atoms with E-state index in [1.807, 2.05) is 43.5 Å². The molecule has 152 valence electrons. The molecule has 1 N–H and O–H groups in total. The number of nitrogens with zero attached hydrogens (tertiary/aromatic N) is 3. The average Bonchev–Trinajstić information content (AvgIpc) is 3.18. The zero-order valence-corrected chi connectivity index (χ0v) is 18.4. The number of hydrogen-bond acceptors (Lipinski definition) is 6. The molecule has 3 aromatic rings. The number of benzene rings is 2. The number of aromatic nitrogens is 1. The Bertz CT molecular complexity index is 1110. The third-order valence-electron chi connectivity index (χ3n) is 4.20. The average molecular weight is 449 g/mol. The molecular weight excluding hydrogens is 428 g/mol. The molecule has 0 aliphatic heterocycles. The third kappa shape index (κ3) is 5.22. The van der Waals surface area contributed by atoms with Crippen LogP contribution in [-0.4, -0.2) is 37.0 Å². The van der Waals surface area contributed by atoms with E-state index in [2.05, 4.69) is 15.5 Å². The Hall–Kier alpha value is -2.26. The van der Waals surface area contributed by atoms with Gasteiger partial charge in [0.05, 0.1) is 16.8 Å². The van der Waals surface area contributed by atoms with Crippen molar-refractivity contribution in [1.29, 1.82) is 0 Å². The lowest BCUT2D eigenvalue weighted by atomic mass is 10.2. The van der Waals surface area contributed by atoms with Crippen molar-refractivity contribution in [2.45, 2.75) is 18.7 Å². The van der Waals surface area contributed by atoms with E-state index in [9.17, 15) is 8.42 Å². The number of anilines is 1. The third-order valence-corrected chi connectivity index (χ3v) is 7.23. The first kappa shape index (κ1) is 21.4. The lowest BCUT2D eigenvalue weighted by Gasteiger charge is -2.18. The Morgan fingerprint density at radius 1 is 1.17 bits per heavy atom. The minimum Gasteiger partial charge on any atom is -0.253 e. The molecule has 0 radical (unpaired) electrons. The first-order chi connectivity index (χ1) is 13.9. The summed E-state index contributed by atoms with van der Waals surface area (Å²) in [6.45, 7) is 4.51. The highest BCUT2D eigenvalue weighted by Gasteiger charge is 2.22. The molecule has 0 aliphatic carbocycles. The molecule has 3 rings (SSSR count). The monoisotopic (exact) mass is 448 g/mol. The quantitative estimate of drug-likeness (QED) is 0.391. The summed E-state index contributed by atoms with van der Waals surface area (Å²) >= 11 is 7.35.